The molecule has 2 rings (SSSR count). The number of rotatable bonds is 5. The quantitative estimate of drug-likeness (QED) is 0.790. The molecular weight excluding hydrogens is 319 g/mol. The molecule has 0 aliphatic heterocycles. The van der Waals surface area contributed by atoms with Crippen molar-refractivity contribution in [2.24, 2.45) is 7.05 Å². The van der Waals surface area contributed by atoms with Crippen LogP contribution in [0.4, 0.5) is 4.39 Å². The molecule has 114 valence electrons. The van der Waals surface area contributed by atoms with E-state index in [4.69, 9.17) is 15.4 Å². The topological polar surface area (TPSA) is 61.2 Å². The number of aryl methyl sites for hydroxylation is 2. The van der Waals surface area contributed by atoms with Crippen molar-refractivity contribution in [1.29, 1.82) is 0 Å². The molecule has 0 atom stereocenters. The van der Waals surface area contributed by atoms with Crippen LogP contribution >= 0.6 is 10.7 Å². The first-order chi connectivity index (χ1) is 9.81. The van der Waals surface area contributed by atoms with Crippen LogP contribution in [0, 0.1) is 5.82 Å². The average molecular weight is 333 g/mol. The molecule has 0 fully saturated rings. The van der Waals surface area contributed by atoms with E-state index in [9.17, 15) is 12.8 Å². The first-order valence-electron chi connectivity index (χ1n) is 6.20. The third-order valence-electron chi connectivity index (χ3n) is 2.95. The summed E-state index contributed by atoms with van der Waals surface area (Å²) >= 11 is 0. The van der Waals surface area contributed by atoms with Crippen molar-refractivity contribution in [3.05, 3.63) is 41.5 Å². The molecule has 0 N–H and O–H groups in total. The fourth-order valence-corrected chi connectivity index (χ4v) is 2.54. The van der Waals surface area contributed by atoms with Gasteiger partial charge in [-0.3, -0.25) is 4.68 Å². The van der Waals surface area contributed by atoms with Crippen LogP contribution in [0.5, 0.6) is 5.75 Å². The second-order valence-corrected chi connectivity index (χ2v) is 6.99. The molecule has 5 nitrogen and oxygen atoms in total. The first-order valence-corrected chi connectivity index (χ1v) is 8.51. The minimum Gasteiger partial charge on any atom is -0.484 e. The Morgan fingerprint density at radius 1 is 1.38 bits per heavy atom. The van der Waals surface area contributed by atoms with Crippen LogP contribution in [0.15, 0.2) is 29.2 Å². The number of benzene rings is 1. The van der Waals surface area contributed by atoms with E-state index in [-0.39, 0.29) is 17.3 Å². The number of hydrogen-bond donors (Lipinski definition) is 0. The molecule has 0 radical (unpaired) electrons. The van der Waals surface area contributed by atoms with E-state index in [2.05, 4.69) is 5.10 Å². The average Bonchev–Trinajstić information content (AvgIpc) is 2.77. The summed E-state index contributed by atoms with van der Waals surface area (Å²) in [6.07, 6.45) is 0.796. The van der Waals surface area contributed by atoms with Gasteiger partial charge in [-0.1, -0.05) is 6.92 Å². The Labute approximate surface area is 126 Å². The molecule has 0 aliphatic rings. The maximum atomic E-state index is 13.8. The summed E-state index contributed by atoms with van der Waals surface area (Å²) in [5, 5.41) is 4.26. The van der Waals surface area contributed by atoms with Crippen molar-refractivity contribution >= 4 is 19.7 Å². The van der Waals surface area contributed by atoms with Crippen LogP contribution in [0.1, 0.15) is 18.3 Å². The largest absolute Gasteiger partial charge is 0.484 e. The molecule has 0 aliphatic carbocycles. The third-order valence-corrected chi connectivity index (χ3v) is 4.30. The predicted molar refractivity (Wildman–Crippen MR) is 76.4 cm³/mol. The Bertz CT molecular complexity index is 759. The van der Waals surface area contributed by atoms with E-state index in [1.807, 2.05) is 13.0 Å². The van der Waals surface area contributed by atoms with Crippen LogP contribution < -0.4 is 4.74 Å². The maximum absolute atomic E-state index is 13.8. The minimum absolute atomic E-state index is 0.0432. The number of nitrogens with zero attached hydrogens (tertiary/aromatic N) is 2. The van der Waals surface area contributed by atoms with E-state index in [0.717, 1.165) is 23.9 Å². The lowest BCUT2D eigenvalue weighted by molar-refractivity contribution is 0.280. The SMILES string of the molecule is CCc1cc(COc2ccc(S(=O)(=O)Cl)cc2F)n(C)n1. The van der Waals surface area contributed by atoms with Gasteiger partial charge in [-0.2, -0.15) is 5.10 Å². The Balaban J connectivity index is 2.15. The Kier molecular flexibility index (Phi) is 4.53. The van der Waals surface area contributed by atoms with Crippen molar-refractivity contribution in [3.8, 4) is 5.75 Å². The lowest BCUT2D eigenvalue weighted by atomic mass is 10.3. The molecular formula is C13H14ClFN2O3S. The highest BCUT2D eigenvalue weighted by Crippen LogP contribution is 2.24. The van der Waals surface area contributed by atoms with Gasteiger partial charge in [0.2, 0.25) is 0 Å². The number of ether oxygens (including phenoxy) is 1. The van der Waals surface area contributed by atoms with E-state index >= 15 is 0 Å². The second-order valence-electron chi connectivity index (χ2n) is 4.42. The van der Waals surface area contributed by atoms with Crippen LogP contribution in [-0.2, 0) is 29.1 Å². The van der Waals surface area contributed by atoms with Crippen LogP contribution in [-0.4, -0.2) is 18.2 Å². The molecule has 0 amide bonds. The first kappa shape index (κ1) is 15.8. The highest BCUT2D eigenvalue weighted by molar-refractivity contribution is 8.13. The summed E-state index contributed by atoms with van der Waals surface area (Å²) < 4.78 is 43.0. The Hall–Kier alpha value is -1.60. The zero-order chi connectivity index (χ0) is 15.6. The van der Waals surface area contributed by atoms with Gasteiger partial charge in [0, 0.05) is 17.7 Å². The maximum Gasteiger partial charge on any atom is 0.261 e. The molecule has 2 aromatic rings. The minimum atomic E-state index is -3.95. The number of halogens is 2. The highest BCUT2D eigenvalue weighted by Gasteiger charge is 2.14. The zero-order valence-corrected chi connectivity index (χ0v) is 13.1. The number of hydrogen-bond acceptors (Lipinski definition) is 4. The fourth-order valence-electron chi connectivity index (χ4n) is 1.78. The van der Waals surface area contributed by atoms with Gasteiger partial charge in [0.25, 0.3) is 9.05 Å². The molecule has 0 unspecified atom stereocenters. The monoisotopic (exact) mass is 332 g/mol. The van der Waals surface area contributed by atoms with Crippen LogP contribution in [0.25, 0.3) is 0 Å². The lowest BCUT2D eigenvalue weighted by Gasteiger charge is -2.08. The summed E-state index contributed by atoms with van der Waals surface area (Å²) in [6, 6.07) is 5.14. The lowest BCUT2D eigenvalue weighted by Crippen LogP contribution is -2.04. The Morgan fingerprint density at radius 3 is 2.62 bits per heavy atom. The van der Waals surface area contributed by atoms with Crippen molar-refractivity contribution in [2.45, 2.75) is 24.8 Å². The molecule has 1 aromatic carbocycles. The molecule has 1 heterocycles. The molecule has 8 heteroatoms. The van der Waals surface area contributed by atoms with E-state index in [1.165, 1.54) is 12.1 Å². The predicted octanol–water partition coefficient (Wildman–Crippen LogP) is 2.63. The molecule has 0 saturated carbocycles. The van der Waals surface area contributed by atoms with E-state index in [0.29, 0.717) is 0 Å². The van der Waals surface area contributed by atoms with Gasteiger partial charge in [-0.15, -0.1) is 0 Å². The summed E-state index contributed by atoms with van der Waals surface area (Å²) in [5.74, 6) is -0.826. The zero-order valence-electron chi connectivity index (χ0n) is 11.5. The van der Waals surface area contributed by atoms with E-state index < -0.39 is 14.9 Å². The number of aromatic nitrogens is 2. The molecule has 0 saturated heterocycles. The highest BCUT2D eigenvalue weighted by atomic mass is 35.7. The van der Waals surface area contributed by atoms with Crippen LogP contribution in [0.2, 0.25) is 0 Å². The van der Waals surface area contributed by atoms with Gasteiger partial charge in [-0.25, -0.2) is 12.8 Å². The van der Waals surface area contributed by atoms with Gasteiger partial charge < -0.3 is 4.74 Å². The molecule has 21 heavy (non-hydrogen) atoms. The van der Waals surface area contributed by atoms with Crippen molar-refractivity contribution in [1.82, 2.24) is 9.78 Å². The second kappa shape index (κ2) is 6.03. The summed E-state index contributed by atoms with van der Waals surface area (Å²) in [5.41, 5.74) is 1.71. The van der Waals surface area contributed by atoms with Crippen molar-refractivity contribution < 1.29 is 17.5 Å². The summed E-state index contributed by atoms with van der Waals surface area (Å²) in [7, 11) is 2.97. The summed E-state index contributed by atoms with van der Waals surface area (Å²) in [6.45, 7) is 2.12. The van der Waals surface area contributed by atoms with Gasteiger partial charge in [0.1, 0.15) is 6.61 Å². The standard InChI is InChI=1S/C13H14ClFN2O3S/c1-3-9-6-10(17(2)16-9)8-20-13-5-4-11(7-12(13)15)21(14,18)19/h4-7H,3,8H2,1-2H3. The van der Waals surface area contributed by atoms with Gasteiger partial charge in [-0.05, 0) is 30.7 Å². The molecule has 0 bridgehead atoms. The Morgan fingerprint density at radius 2 is 2.10 bits per heavy atom. The van der Waals surface area contributed by atoms with Crippen molar-refractivity contribution in [2.75, 3.05) is 0 Å². The smallest absolute Gasteiger partial charge is 0.261 e. The molecule has 1 aromatic heterocycles. The van der Waals surface area contributed by atoms with Gasteiger partial charge in [0.15, 0.2) is 11.6 Å². The fraction of sp³-hybridized carbons (Fsp3) is 0.308. The van der Waals surface area contributed by atoms with Crippen molar-refractivity contribution in [3.63, 3.8) is 0 Å². The van der Waals surface area contributed by atoms with Gasteiger partial charge in [0.05, 0.1) is 16.3 Å². The van der Waals surface area contributed by atoms with E-state index in [1.54, 1.807) is 11.7 Å². The summed E-state index contributed by atoms with van der Waals surface area (Å²) in [4.78, 5) is -0.303. The third kappa shape index (κ3) is 3.74. The van der Waals surface area contributed by atoms with Gasteiger partial charge >= 0.3 is 0 Å². The normalized spacial score (nSPS) is 11.6. The molecule has 0 spiro atoms. The van der Waals surface area contributed by atoms with Crippen LogP contribution in [0.3, 0.4) is 0 Å².